The molecule has 1 fully saturated rings. The zero-order chi connectivity index (χ0) is 11.5. The van der Waals surface area contributed by atoms with Gasteiger partial charge in [0, 0.05) is 6.54 Å². The molecule has 1 aliphatic rings. The second kappa shape index (κ2) is 4.39. The van der Waals surface area contributed by atoms with E-state index in [0.29, 0.717) is 0 Å². The minimum Gasteiger partial charge on any atom is -0.444 e. The van der Waals surface area contributed by atoms with Gasteiger partial charge in [-0.25, -0.2) is 4.79 Å². The van der Waals surface area contributed by atoms with Crippen molar-refractivity contribution in [3.05, 3.63) is 0 Å². The molecule has 1 amide bonds. The van der Waals surface area contributed by atoms with Crippen LogP contribution in [0.2, 0.25) is 0 Å². The number of amides is 1. The first-order valence-electron chi connectivity index (χ1n) is 5.53. The Labute approximate surface area is 91.8 Å². The third-order valence-electron chi connectivity index (χ3n) is 2.40. The highest BCUT2D eigenvalue weighted by Crippen LogP contribution is 2.16. The van der Waals surface area contributed by atoms with Crippen LogP contribution >= 0.6 is 0 Å². The smallest absolute Gasteiger partial charge is 0.408 e. The molecule has 1 heterocycles. The molecular weight excluding hydrogens is 192 g/mol. The first-order chi connectivity index (χ1) is 6.81. The van der Waals surface area contributed by atoms with Crippen molar-refractivity contribution in [1.82, 2.24) is 10.6 Å². The molecule has 0 spiro atoms. The van der Waals surface area contributed by atoms with E-state index in [1.54, 1.807) is 0 Å². The Morgan fingerprint density at radius 2 is 2.13 bits per heavy atom. The van der Waals surface area contributed by atoms with Crippen molar-refractivity contribution < 1.29 is 9.53 Å². The fourth-order valence-electron chi connectivity index (χ4n) is 1.71. The predicted molar refractivity (Wildman–Crippen MR) is 59.9 cm³/mol. The summed E-state index contributed by atoms with van der Waals surface area (Å²) in [6.45, 7) is 9.50. The zero-order valence-corrected chi connectivity index (χ0v) is 10.1. The molecule has 0 radical (unpaired) electrons. The van der Waals surface area contributed by atoms with Crippen LogP contribution in [0.4, 0.5) is 4.79 Å². The second-order valence-corrected chi connectivity index (χ2v) is 5.47. The second-order valence-electron chi connectivity index (χ2n) is 5.47. The molecule has 2 N–H and O–H groups in total. The average molecular weight is 214 g/mol. The molecule has 0 unspecified atom stereocenters. The Morgan fingerprint density at radius 1 is 1.47 bits per heavy atom. The van der Waals surface area contributed by atoms with Crippen molar-refractivity contribution in [3.8, 4) is 0 Å². The maximum absolute atomic E-state index is 11.6. The molecule has 1 rings (SSSR count). The van der Waals surface area contributed by atoms with Gasteiger partial charge in [-0.3, -0.25) is 0 Å². The van der Waals surface area contributed by atoms with E-state index in [0.717, 1.165) is 25.9 Å². The van der Waals surface area contributed by atoms with E-state index < -0.39 is 5.60 Å². The summed E-state index contributed by atoms with van der Waals surface area (Å²) >= 11 is 0. The number of piperidine rings is 1. The molecule has 1 aliphatic heterocycles. The van der Waals surface area contributed by atoms with Gasteiger partial charge in [0.05, 0.1) is 5.54 Å². The zero-order valence-electron chi connectivity index (χ0n) is 10.1. The fraction of sp³-hybridized carbons (Fsp3) is 0.909. The van der Waals surface area contributed by atoms with Gasteiger partial charge in [-0.2, -0.15) is 0 Å². The highest BCUT2D eigenvalue weighted by Gasteiger charge is 2.30. The van der Waals surface area contributed by atoms with Gasteiger partial charge in [0.25, 0.3) is 0 Å². The summed E-state index contributed by atoms with van der Waals surface area (Å²) in [5, 5.41) is 6.20. The molecule has 88 valence electrons. The number of hydrogen-bond donors (Lipinski definition) is 2. The lowest BCUT2D eigenvalue weighted by Crippen LogP contribution is -2.56. The van der Waals surface area contributed by atoms with Crippen LogP contribution in [0.15, 0.2) is 0 Å². The Bertz CT molecular complexity index is 227. The largest absolute Gasteiger partial charge is 0.444 e. The number of carbonyl (C=O) groups excluding carboxylic acids is 1. The normalized spacial score (nSPS) is 27.2. The number of alkyl carbamates (subject to hydrolysis) is 1. The summed E-state index contributed by atoms with van der Waals surface area (Å²) in [5.41, 5.74) is -0.594. The third kappa shape index (κ3) is 4.51. The Balaban J connectivity index is 2.42. The van der Waals surface area contributed by atoms with Crippen LogP contribution in [0, 0.1) is 0 Å². The van der Waals surface area contributed by atoms with Gasteiger partial charge in [0.1, 0.15) is 5.60 Å². The first-order valence-corrected chi connectivity index (χ1v) is 5.53. The van der Waals surface area contributed by atoms with E-state index >= 15 is 0 Å². The van der Waals surface area contributed by atoms with Gasteiger partial charge in [0.15, 0.2) is 0 Å². The van der Waals surface area contributed by atoms with Gasteiger partial charge in [-0.15, -0.1) is 0 Å². The summed E-state index contributed by atoms with van der Waals surface area (Å²) in [6, 6.07) is 0. The maximum atomic E-state index is 11.6. The van der Waals surface area contributed by atoms with Crippen LogP contribution in [-0.4, -0.2) is 30.3 Å². The first kappa shape index (κ1) is 12.3. The highest BCUT2D eigenvalue weighted by molar-refractivity contribution is 5.68. The average Bonchev–Trinajstić information content (AvgIpc) is 1.99. The third-order valence-corrected chi connectivity index (χ3v) is 2.40. The Morgan fingerprint density at radius 3 is 2.60 bits per heavy atom. The molecule has 1 saturated heterocycles. The fourth-order valence-corrected chi connectivity index (χ4v) is 1.71. The van der Waals surface area contributed by atoms with Gasteiger partial charge in [-0.1, -0.05) is 0 Å². The number of hydrogen-bond acceptors (Lipinski definition) is 3. The van der Waals surface area contributed by atoms with Crippen molar-refractivity contribution in [2.45, 2.75) is 51.7 Å². The summed E-state index contributed by atoms with van der Waals surface area (Å²) < 4.78 is 5.23. The van der Waals surface area contributed by atoms with Gasteiger partial charge in [-0.05, 0) is 47.1 Å². The molecule has 1 atom stereocenters. The van der Waals surface area contributed by atoms with Crippen molar-refractivity contribution in [1.29, 1.82) is 0 Å². The van der Waals surface area contributed by atoms with E-state index in [1.165, 1.54) is 0 Å². The van der Waals surface area contributed by atoms with Crippen molar-refractivity contribution in [3.63, 3.8) is 0 Å². The number of carbonyl (C=O) groups is 1. The molecule has 4 heteroatoms. The summed E-state index contributed by atoms with van der Waals surface area (Å²) in [7, 11) is 0. The molecule has 15 heavy (non-hydrogen) atoms. The molecule has 0 aromatic rings. The van der Waals surface area contributed by atoms with Crippen LogP contribution in [0.3, 0.4) is 0 Å². The summed E-state index contributed by atoms with van der Waals surface area (Å²) in [5.74, 6) is 0. The van der Waals surface area contributed by atoms with Crippen LogP contribution in [0.1, 0.15) is 40.5 Å². The van der Waals surface area contributed by atoms with Crippen LogP contribution in [0.25, 0.3) is 0 Å². The lowest BCUT2D eigenvalue weighted by molar-refractivity contribution is 0.0448. The van der Waals surface area contributed by atoms with Crippen LogP contribution < -0.4 is 10.6 Å². The molecule has 0 aliphatic carbocycles. The summed E-state index contributed by atoms with van der Waals surface area (Å²) in [4.78, 5) is 11.6. The standard InChI is InChI=1S/C11H22N2O2/c1-10(2,3)15-9(14)13-11(4)6-5-7-12-8-11/h12H,5-8H2,1-4H3,(H,13,14)/t11-/m1/s1. The SMILES string of the molecule is CC(C)(C)OC(=O)N[C@]1(C)CCCNC1. The number of ether oxygens (including phenoxy) is 1. The monoisotopic (exact) mass is 214 g/mol. The minimum absolute atomic E-state index is 0.166. The number of nitrogens with one attached hydrogen (secondary N) is 2. The van der Waals surface area contributed by atoms with E-state index in [2.05, 4.69) is 10.6 Å². The van der Waals surface area contributed by atoms with Crippen LogP contribution in [0.5, 0.6) is 0 Å². The van der Waals surface area contributed by atoms with Crippen molar-refractivity contribution in [2.75, 3.05) is 13.1 Å². The highest BCUT2D eigenvalue weighted by atomic mass is 16.6. The molecule has 0 aromatic carbocycles. The molecular formula is C11H22N2O2. The lowest BCUT2D eigenvalue weighted by atomic mass is 9.93. The topological polar surface area (TPSA) is 50.4 Å². The molecule has 0 bridgehead atoms. The van der Waals surface area contributed by atoms with Crippen LogP contribution in [-0.2, 0) is 4.74 Å². The number of rotatable bonds is 1. The van der Waals surface area contributed by atoms with Crippen molar-refractivity contribution >= 4 is 6.09 Å². The quantitative estimate of drug-likeness (QED) is 0.698. The molecule has 0 aromatic heterocycles. The van der Waals surface area contributed by atoms with E-state index in [9.17, 15) is 4.79 Å². The van der Waals surface area contributed by atoms with Gasteiger partial charge in [0.2, 0.25) is 0 Å². The molecule has 0 saturated carbocycles. The van der Waals surface area contributed by atoms with E-state index in [-0.39, 0.29) is 11.6 Å². The van der Waals surface area contributed by atoms with Crippen molar-refractivity contribution in [2.24, 2.45) is 0 Å². The minimum atomic E-state index is -0.428. The van der Waals surface area contributed by atoms with Gasteiger partial charge < -0.3 is 15.4 Å². The van der Waals surface area contributed by atoms with E-state index in [4.69, 9.17) is 4.74 Å². The maximum Gasteiger partial charge on any atom is 0.408 e. The van der Waals surface area contributed by atoms with Gasteiger partial charge >= 0.3 is 6.09 Å². The molecule has 4 nitrogen and oxygen atoms in total. The Hall–Kier alpha value is -0.770. The lowest BCUT2D eigenvalue weighted by Gasteiger charge is -2.35. The van der Waals surface area contributed by atoms with E-state index in [1.807, 2.05) is 27.7 Å². The Kier molecular flexibility index (Phi) is 3.60. The summed E-state index contributed by atoms with van der Waals surface area (Å²) in [6.07, 6.45) is 1.76. The predicted octanol–water partition coefficient (Wildman–Crippen LogP) is 1.65.